The van der Waals surface area contributed by atoms with E-state index in [4.69, 9.17) is 17.3 Å². The van der Waals surface area contributed by atoms with Crippen molar-refractivity contribution in [2.45, 2.75) is 25.8 Å². The summed E-state index contributed by atoms with van der Waals surface area (Å²) in [5.41, 5.74) is 5.88. The van der Waals surface area contributed by atoms with Gasteiger partial charge in [0.2, 0.25) is 0 Å². The van der Waals surface area contributed by atoms with E-state index in [2.05, 4.69) is 0 Å². The second kappa shape index (κ2) is 5.38. The van der Waals surface area contributed by atoms with Crippen LogP contribution < -0.4 is 5.73 Å². The molecule has 17 heavy (non-hydrogen) atoms. The van der Waals surface area contributed by atoms with Crippen molar-refractivity contribution in [1.82, 2.24) is 4.90 Å². The molecular formula is C12H17ClN2OS. The summed E-state index contributed by atoms with van der Waals surface area (Å²) in [6.45, 7) is 3.66. The van der Waals surface area contributed by atoms with Crippen molar-refractivity contribution in [1.29, 1.82) is 0 Å². The van der Waals surface area contributed by atoms with Crippen molar-refractivity contribution < 1.29 is 4.79 Å². The standard InChI is InChI=1S/C12H17ClN2OS/c1-8(14)9-4-6-15(7-5-9)12(16)10-2-3-11(13)17-10/h2-3,8-9H,4-7,14H2,1H3. The van der Waals surface area contributed by atoms with Crippen molar-refractivity contribution in [2.75, 3.05) is 13.1 Å². The molecule has 0 aromatic carbocycles. The topological polar surface area (TPSA) is 46.3 Å². The van der Waals surface area contributed by atoms with E-state index in [9.17, 15) is 4.79 Å². The Hall–Kier alpha value is -0.580. The average Bonchev–Trinajstić information content (AvgIpc) is 2.75. The highest BCUT2D eigenvalue weighted by Crippen LogP contribution is 2.25. The number of piperidine rings is 1. The molecule has 2 rings (SSSR count). The third kappa shape index (κ3) is 3.00. The number of carbonyl (C=O) groups excluding carboxylic acids is 1. The molecule has 1 aromatic heterocycles. The predicted octanol–water partition coefficient (Wildman–Crippen LogP) is 2.60. The van der Waals surface area contributed by atoms with Crippen LogP contribution in [0.1, 0.15) is 29.4 Å². The summed E-state index contributed by atoms with van der Waals surface area (Å²) in [4.78, 5) is 14.8. The largest absolute Gasteiger partial charge is 0.338 e. The second-order valence-corrected chi connectivity index (χ2v) is 6.31. The molecule has 1 fully saturated rings. The predicted molar refractivity (Wildman–Crippen MR) is 71.6 cm³/mol. The summed E-state index contributed by atoms with van der Waals surface area (Å²) in [6, 6.07) is 3.80. The van der Waals surface area contributed by atoms with E-state index >= 15 is 0 Å². The quantitative estimate of drug-likeness (QED) is 0.900. The normalized spacial score (nSPS) is 19.4. The van der Waals surface area contributed by atoms with Gasteiger partial charge in [-0.1, -0.05) is 11.6 Å². The average molecular weight is 273 g/mol. The Kier molecular flexibility index (Phi) is 4.07. The molecule has 5 heteroatoms. The van der Waals surface area contributed by atoms with Crippen molar-refractivity contribution in [3.63, 3.8) is 0 Å². The zero-order valence-electron chi connectivity index (χ0n) is 9.86. The lowest BCUT2D eigenvalue weighted by molar-refractivity contribution is 0.0686. The fourth-order valence-electron chi connectivity index (χ4n) is 2.21. The molecule has 94 valence electrons. The number of likely N-dealkylation sites (tertiary alicyclic amines) is 1. The minimum absolute atomic E-state index is 0.102. The van der Waals surface area contributed by atoms with Gasteiger partial charge < -0.3 is 10.6 Å². The van der Waals surface area contributed by atoms with Gasteiger partial charge in [0.25, 0.3) is 5.91 Å². The highest BCUT2D eigenvalue weighted by molar-refractivity contribution is 7.17. The summed E-state index contributed by atoms with van der Waals surface area (Å²) in [6.07, 6.45) is 2.00. The number of nitrogens with zero attached hydrogens (tertiary/aromatic N) is 1. The van der Waals surface area contributed by atoms with Crippen molar-refractivity contribution in [2.24, 2.45) is 11.7 Å². The Morgan fingerprint density at radius 1 is 1.53 bits per heavy atom. The summed E-state index contributed by atoms with van der Waals surface area (Å²) >= 11 is 7.19. The van der Waals surface area contributed by atoms with Gasteiger partial charge in [-0.05, 0) is 37.8 Å². The van der Waals surface area contributed by atoms with E-state index in [1.807, 2.05) is 11.8 Å². The lowest BCUT2D eigenvalue weighted by Crippen LogP contribution is -2.42. The van der Waals surface area contributed by atoms with Crippen LogP contribution in [0.5, 0.6) is 0 Å². The first-order chi connectivity index (χ1) is 8.08. The zero-order chi connectivity index (χ0) is 12.4. The third-order valence-corrected chi connectivity index (χ3v) is 4.57. The molecule has 1 aromatic rings. The lowest BCUT2D eigenvalue weighted by Gasteiger charge is -2.33. The van der Waals surface area contributed by atoms with E-state index in [0.717, 1.165) is 30.8 Å². The van der Waals surface area contributed by atoms with E-state index in [1.54, 1.807) is 12.1 Å². The molecule has 0 saturated carbocycles. The molecule has 1 atom stereocenters. The van der Waals surface area contributed by atoms with Gasteiger partial charge in [-0.2, -0.15) is 0 Å². The van der Waals surface area contributed by atoms with Crippen molar-refractivity contribution >= 4 is 28.8 Å². The van der Waals surface area contributed by atoms with Gasteiger partial charge in [0.15, 0.2) is 0 Å². The number of hydrogen-bond donors (Lipinski definition) is 1. The Balaban J connectivity index is 1.95. The van der Waals surface area contributed by atoms with Gasteiger partial charge in [0.05, 0.1) is 9.21 Å². The van der Waals surface area contributed by atoms with Crippen LogP contribution in [0.4, 0.5) is 0 Å². The van der Waals surface area contributed by atoms with Crippen LogP contribution in [-0.2, 0) is 0 Å². The Bertz CT molecular complexity index is 397. The van der Waals surface area contributed by atoms with Gasteiger partial charge in [-0.25, -0.2) is 0 Å². The summed E-state index contributed by atoms with van der Waals surface area (Å²) in [5.74, 6) is 0.649. The summed E-state index contributed by atoms with van der Waals surface area (Å²) in [7, 11) is 0. The molecule has 1 aliphatic rings. The summed E-state index contributed by atoms with van der Waals surface area (Å²) < 4.78 is 0.666. The smallest absolute Gasteiger partial charge is 0.263 e. The number of rotatable bonds is 2. The molecular weight excluding hydrogens is 256 g/mol. The third-order valence-electron chi connectivity index (χ3n) is 3.35. The molecule has 0 radical (unpaired) electrons. The Morgan fingerprint density at radius 3 is 2.65 bits per heavy atom. The van der Waals surface area contributed by atoms with Crippen LogP contribution in [0.2, 0.25) is 4.34 Å². The van der Waals surface area contributed by atoms with Crippen LogP contribution >= 0.6 is 22.9 Å². The number of hydrogen-bond acceptors (Lipinski definition) is 3. The number of amides is 1. The molecule has 0 bridgehead atoms. The number of carbonyl (C=O) groups is 1. The highest BCUT2D eigenvalue weighted by atomic mass is 35.5. The molecule has 1 unspecified atom stereocenters. The fraction of sp³-hybridized carbons (Fsp3) is 0.583. The Labute approximate surface area is 111 Å². The molecule has 2 heterocycles. The first-order valence-electron chi connectivity index (χ1n) is 5.88. The zero-order valence-corrected chi connectivity index (χ0v) is 11.4. The van der Waals surface area contributed by atoms with Gasteiger partial charge in [-0.15, -0.1) is 11.3 Å². The van der Waals surface area contributed by atoms with Gasteiger partial charge in [0, 0.05) is 19.1 Å². The van der Waals surface area contributed by atoms with E-state index < -0.39 is 0 Å². The minimum atomic E-state index is 0.102. The van der Waals surface area contributed by atoms with Crippen LogP contribution in [0.3, 0.4) is 0 Å². The van der Waals surface area contributed by atoms with E-state index in [1.165, 1.54) is 11.3 Å². The van der Waals surface area contributed by atoms with Crippen LogP contribution in [0.25, 0.3) is 0 Å². The van der Waals surface area contributed by atoms with Gasteiger partial charge >= 0.3 is 0 Å². The maximum absolute atomic E-state index is 12.1. The number of thiophene rings is 1. The number of nitrogens with two attached hydrogens (primary N) is 1. The first kappa shape index (κ1) is 12.9. The monoisotopic (exact) mass is 272 g/mol. The first-order valence-corrected chi connectivity index (χ1v) is 7.07. The van der Waals surface area contributed by atoms with Crippen molar-refractivity contribution in [3.05, 3.63) is 21.3 Å². The molecule has 0 spiro atoms. The maximum atomic E-state index is 12.1. The van der Waals surface area contributed by atoms with Gasteiger partial charge in [-0.3, -0.25) is 4.79 Å². The minimum Gasteiger partial charge on any atom is -0.338 e. The Morgan fingerprint density at radius 2 is 2.18 bits per heavy atom. The molecule has 3 nitrogen and oxygen atoms in total. The van der Waals surface area contributed by atoms with Crippen LogP contribution in [0.15, 0.2) is 12.1 Å². The molecule has 1 saturated heterocycles. The van der Waals surface area contributed by atoms with E-state index in [0.29, 0.717) is 10.3 Å². The second-order valence-electron chi connectivity index (χ2n) is 4.59. The van der Waals surface area contributed by atoms with Gasteiger partial charge in [0.1, 0.15) is 0 Å². The highest BCUT2D eigenvalue weighted by Gasteiger charge is 2.25. The molecule has 1 aliphatic heterocycles. The maximum Gasteiger partial charge on any atom is 0.263 e. The van der Waals surface area contributed by atoms with Crippen molar-refractivity contribution in [3.8, 4) is 0 Å². The molecule has 0 aliphatic carbocycles. The lowest BCUT2D eigenvalue weighted by atomic mass is 9.91. The summed E-state index contributed by atoms with van der Waals surface area (Å²) in [5, 5.41) is 0. The SMILES string of the molecule is CC(N)C1CCN(C(=O)c2ccc(Cl)s2)CC1. The number of halogens is 1. The molecule has 2 N–H and O–H groups in total. The van der Waals surface area contributed by atoms with Crippen LogP contribution in [-0.4, -0.2) is 29.9 Å². The van der Waals surface area contributed by atoms with Crippen LogP contribution in [0, 0.1) is 5.92 Å². The van der Waals surface area contributed by atoms with E-state index in [-0.39, 0.29) is 11.9 Å². The fourth-order valence-corrected chi connectivity index (χ4v) is 3.22. The molecule has 1 amide bonds.